The van der Waals surface area contributed by atoms with Gasteiger partial charge in [-0.2, -0.15) is 4.98 Å². The van der Waals surface area contributed by atoms with E-state index in [1.54, 1.807) is 0 Å². The molecule has 2 heterocycles. The molecule has 21 heavy (non-hydrogen) atoms. The van der Waals surface area contributed by atoms with E-state index in [1.165, 1.54) is 16.7 Å². The molecule has 0 aliphatic rings. The third-order valence-electron chi connectivity index (χ3n) is 3.56. The largest absolute Gasteiger partial charge is 0.369 e. The smallest absolute Gasteiger partial charge is 0.278 e. The number of fused-ring (bicyclic) bond motifs is 1. The Morgan fingerprint density at radius 1 is 1.14 bits per heavy atom. The molecule has 0 saturated carbocycles. The fraction of sp³-hybridized carbons (Fsp3) is 0.267. The first-order chi connectivity index (χ1) is 10.0. The van der Waals surface area contributed by atoms with Crippen LogP contribution in [-0.4, -0.2) is 19.9 Å². The third kappa shape index (κ3) is 2.65. The summed E-state index contributed by atoms with van der Waals surface area (Å²) in [5.41, 5.74) is 9.77. The molecule has 0 aliphatic heterocycles. The van der Waals surface area contributed by atoms with Crippen molar-refractivity contribution < 1.29 is 0 Å². The van der Waals surface area contributed by atoms with Crippen LogP contribution in [0.25, 0.3) is 11.2 Å². The molecule has 3 aromatic rings. The van der Waals surface area contributed by atoms with Crippen LogP contribution >= 0.6 is 0 Å². The molecule has 0 spiro atoms. The molecular weight excluding hydrogens is 266 g/mol. The number of H-pyrrole nitrogens is 2. The summed E-state index contributed by atoms with van der Waals surface area (Å²) >= 11 is 0. The lowest BCUT2D eigenvalue weighted by Crippen LogP contribution is -2.10. The predicted octanol–water partition coefficient (Wildman–Crippen LogP) is 1.63. The second-order valence-electron chi connectivity index (χ2n) is 5.26. The van der Waals surface area contributed by atoms with Gasteiger partial charge in [0.15, 0.2) is 11.2 Å². The monoisotopic (exact) mass is 283 g/mol. The van der Waals surface area contributed by atoms with Crippen LogP contribution in [0.2, 0.25) is 0 Å². The summed E-state index contributed by atoms with van der Waals surface area (Å²) in [6.45, 7) is 4.19. The average molecular weight is 283 g/mol. The minimum atomic E-state index is -0.289. The van der Waals surface area contributed by atoms with Gasteiger partial charge < -0.3 is 10.7 Å². The second kappa shape index (κ2) is 5.05. The number of anilines is 1. The molecule has 0 saturated heterocycles. The van der Waals surface area contributed by atoms with E-state index in [0.29, 0.717) is 11.2 Å². The van der Waals surface area contributed by atoms with Crippen molar-refractivity contribution >= 4 is 17.1 Å². The standard InChI is InChI=1S/C15H17N5O/c1-8-3-4-10(9(2)7-8)5-6-11-17-12-13(18-11)19-15(16)20-14(12)21/h3-4,7H,5-6H2,1-2H3,(H4,16,17,18,19,20,21). The first kappa shape index (κ1) is 13.4. The zero-order valence-corrected chi connectivity index (χ0v) is 12.0. The summed E-state index contributed by atoms with van der Waals surface area (Å²) in [6, 6.07) is 6.41. The van der Waals surface area contributed by atoms with Gasteiger partial charge in [-0.05, 0) is 31.4 Å². The lowest BCUT2D eigenvalue weighted by atomic mass is 10.0. The van der Waals surface area contributed by atoms with Crippen molar-refractivity contribution in [3.8, 4) is 0 Å². The van der Waals surface area contributed by atoms with Crippen LogP contribution in [0.1, 0.15) is 22.5 Å². The Morgan fingerprint density at radius 3 is 2.71 bits per heavy atom. The Kier molecular flexibility index (Phi) is 3.21. The zero-order valence-electron chi connectivity index (χ0n) is 12.0. The van der Waals surface area contributed by atoms with E-state index < -0.39 is 0 Å². The number of nitrogen functional groups attached to an aromatic ring is 1. The van der Waals surface area contributed by atoms with Gasteiger partial charge in [-0.25, -0.2) is 4.98 Å². The van der Waals surface area contributed by atoms with E-state index in [2.05, 4.69) is 52.0 Å². The summed E-state index contributed by atoms with van der Waals surface area (Å²) in [4.78, 5) is 25.6. The highest BCUT2D eigenvalue weighted by molar-refractivity contribution is 5.70. The van der Waals surface area contributed by atoms with Gasteiger partial charge in [0.05, 0.1) is 0 Å². The number of aryl methyl sites for hydroxylation is 4. The van der Waals surface area contributed by atoms with Gasteiger partial charge in [0.2, 0.25) is 5.95 Å². The maximum atomic E-state index is 11.7. The molecule has 3 rings (SSSR count). The van der Waals surface area contributed by atoms with Crippen LogP contribution in [0.5, 0.6) is 0 Å². The van der Waals surface area contributed by atoms with Crippen molar-refractivity contribution in [2.24, 2.45) is 0 Å². The molecule has 0 fully saturated rings. The van der Waals surface area contributed by atoms with Crippen molar-refractivity contribution in [3.63, 3.8) is 0 Å². The number of rotatable bonds is 3. The number of nitrogens with zero attached hydrogens (tertiary/aromatic N) is 2. The van der Waals surface area contributed by atoms with E-state index in [-0.39, 0.29) is 11.5 Å². The molecule has 6 heteroatoms. The highest BCUT2D eigenvalue weighted by atomic mass is 16.1. The molecule has 1 aromatic carbocycles. The van der Waals surface area contributed by atoms with Crippen LogP contribution in [0.15, 0.2) is 23.0 Å². The first-order valence-electron chi connectivity index (χ1n) is 6.83. The van der Waals surface area contributed by atoms with Gasteiger partial charge in [0, 0.05) is 6.42 Å². The number of aromatic amines is 2. The van der Waals surface area contributed by atoms with Crippen LogP contribution < -0.4 is 11.3 Å². The van der Waals surface area contributed by atoms with Gasteiger partial charge in [-0.3, -0.25) is 9.78 Å². The minimum absolute atomic E-state index is 0.0833. The Labute approximate surface area is 121 Å². The number of nitrogens with two attached hydrogens (primary N) is 1. The summed E-state index contributed by atoms with van der Waals surface area (Å²) in [6.07, 6.45) is 1.58. The van der Waals surface area contributed by atoms with E-state index in [0.717, 1.165) is 18.7 Å². The Morgan fingerprint density at radius 2 is 1.95 bits per heavy atom. The highest BCUT2D eigenvalue weighted by Crippen LogP contribution is 2.14. The lowest BCUT2D eigenvalue weighted by Gasteiger charge is -2.05. The lowest BCUT2D eigenvalue weighted by molar-refractivity contribution is 0.882. The van der Waals surface area contributed by atoms with Crippen molar-refractivity contribution in [2.75, 3.05) is 5.73 Å². The highest BCUT2D eigenvalue weighted by Gasteiger charge is 2.09. The number of benzene rings is 1. The van der Waals surface area contributed by atoms with Crippen molar-refractivity contribution in [3.05, 3.63) is 51.1 Å². The van der Waals surface area contributed by atoms with Gasteiger partial charge in [0.1, 0.15) is 5.82 Å². The van der Waals surface area contributed by atoms with Gasteiger partial charge >= 0.3 is 0 Å². The van der Waals surface area contributed by atoms with E-state index >= 15 is 0 Å². The number of imidazole rings is 1. The first-order valence-corrected chi connectivity index (χ1v) is 6.83. The zero-order chi connectivity index (χ0) is 15.0. The van der Waals surface area contributed by atoms with E-state index in [1.807, 2.05) is 0 Å². The maximum Gasteiger partial charge on any atom is 0.278 e. The van der Waals surface area contributed by atoms with Gasteiger partial charge in [-0.1, -0.05) is 23.8 Å². The Balaban J connectivity index is 1.85. The Hall–Kier alpha value is -2.63. The fourth-order valence-corrected chi connectivity index (χ4v) is 2.47. The summed E-state index contributed by atoms with van der Waals surface area (Å²) in [5, 5.41) is 0. The van der Waals surface area contributed by atoms with Gasteiger partial charge in [-0.15, -0.1) is 0 Å². The normalized spacial score (nSPS) is 11.1. The topological polar surface area (TPSA) is 100 Å². The average Bonchev–Trinajstić information content (AvgIpc) is 2.81. The molecule has 0 radical (unpaired) electrons. The molecule has 6 nitrogen and oxygen atoms in total. The van der Waals surface area contributed by atoms with Crippen LogP contribution in [-0.2, 0) is 12.8 Å². The molecule has 0 atom stereocenters. The molecule has 0 unspecified atom stereocenters. The van der Waals surface area contributed by atoms with Crippen LogP contribution in [0.3, 0.4) is 0 Å². The van der Waals surface area contributed by atoms with Gasteiger partial charge in [0.25, 0.3) is 5.56 Å². The fourth-order valence-electron chi connectivity index (χ4n) is 2.47. The molecular formula is C15H17N5O. The number of hydrogen-bond donors (Lipinski definition) is 3. The summed E-state index contributed by atoms with van der Waals surface area (Å²) in [5.74, 6) is 0.827. The number of nitrogens with one attached hydrogen (secondary N) is 2. The quantitative estimate of drug-likeness (QED) is 0.680. The predicted molar refractivity (Wildman–Crippen MR) is 82.2 cm³/mol. The minimum Gasteiger partial charge on any atom is -0.369 e. The van der Waals surface area contributed by atoms with Crippen molar-refractivity contribution in [2.45, 2.75) is 26.7 Å². The molecule has 4 N–H and O–H groups in total. The molecule has 2 aromatic heterocycles. The number of aromatic nitrogens is 4. The molecule has 0 amide bonds. The molecule has 0 aliphatic carbocycles. The summed E-state index contributed by atoms with van der Waals surface area (Å²) in [7, 11) is 0. The Bertz CT molecular complexity index is 862. The number of hydrogen-bond acceptors (Lipinski definition) is 4. The molecule has 108 valence electrons. The second-order valence-corrected chi connectivity index (χ2v) is 5.26. The molecule has 0 bridgehead atoms. The third-order valence-corrected chi connectivity index (χ3v) is 3.56. The van der Waals surface area contributed by atoms with Crippen LogP contribution in [0, 0.1) is 13.8 Å². The van der Waals surface area contributed by atoms with Crippen molar-refractivity contribution in [1.82, 2.24) is 19.9 Å². The van der Waals surface area contributed by atoms with E-state index in [4.69, 9.17) is 5.73 Å². The van der Waals surface area contributed by atoms with E-state index in [9.17, 15) is 4.79 Å². The summed E-state index contributed by atoms with van der Waals surface area (Å²) < 4.78 is 0. The van der Waals surface area contributed by atoms with Crippen LogP contribution in [0.4, 0.5) is 5.95 Å². The maximum absolute atomic E-state index is 11.7. The van der Waals surface area contributed by atoms with Crippen molar-refractivity contribution in [1.29, 1.82) is 0 Å². The SMILES string of the molecule is Cc1ccc(CCc2nc3nc(N)[nH]c(=O)c3[nH]2)c(C)c1.